The zero-order valence-electron chi connectivity index (χ0n) is 17.0. The van der Waals surface area contributed by atoms with E-state index in [0.717, 1.165) is 17.1 Å². The van der Waals surface area contributed by atoms with Crippen molar-refractivity contribution in [1.82, 2.24) is 0 Å². The molecule has 0 aliphatic carbocycles. The zero-order valence-corrected chi connectivity index (χ0v) is 17.0. The first-order chi connectivity index (χ1) is 15.5. The lowest BCUT2D eigenvalue weighted by Gasteiger charge is -2.25. The van der Waals surface area contributed by atoms with Crippen LogP contribution >= 0.6 is 0 Å². The highest BCUT2D eigenvalue weighted by Gasteiger charge is 2.12. The summed E-state index contributed by atoms with van der Waals surface area (Å²) < 4.78 is 0. The van der Waals surface area contributed by atoms with Gasteiger partial charge in [-0.3, -0.25) is 10.1 Å². The Balaban J connectivity index is 1.60. The van der Waals surface area contributed by atoms with E-state index < -0.39 is 4.92 Å². The lowest BCUT2D eigenvalue weighted by atomic mass is 10.1. The second-order valence-electron chi connectivity index (χ2n) is 7.01. The van der Waals surface area contributed by atoms with E-state index in [1.54, 1.807) is 12.1 Å². The fourth-order valence-electron chi connectivity index (χ4n) is 3.12. The molecule has 4 rings (SSSR count). The van der Waals surface area contributed by atoms with Gasteiger partial charge in [0.1, 0.15) is 0 Å². The summed E-state index contributed by atoms with van der Waals surface area (Å²) in [6.45, 7) is 0. The largest absolute Gasteiger partial charge is 0.399 e. The molecule has 0 aliphatic heterocycles. The van der Waals surface area contributed by atoms with Crippen molar-refractivity contribution in [3.05, 3.63) is 107 Å². The molecule has 32 heavy (non-hydrogen) atoms. The molecule has 8 heteroatoms. The van der Waals surface area contributed by atoms with E-state index in [2.05, 4.69) is 15.1 Å². The molecule has 0 saturated heterocycles. The lowest BCUT2D eigenvalue weighted by Crippen LogP contribution is -2.09. The van der Waals surface area contributed by atoms with Gasteiger partial charge in [-0.15, -0.1) is 0 Å². The van der Waals surface area contributed by atoms with Gasteiger partial charge in [0.05, 0.1) is 16.3 Å². The fraction of sp³-hybridized carbons (Fsp3) is 0. The molecule has 4 aromatic rings. The number of nitro benzene ring substituents is 1. The Morgan fingerprint density at radius 1 is 0.594 bits per heavy atom. The van der Waals surface area contributed by atoms with Gasteiger partial charge in [0.2, 0.25) is 0 Å². The smallest absolute Gasteiger partial charge is 0.269 e. The highest BCUT2D eigenvalue weighted by molar-refractivity contribution is 5.78. The van der Waals surface area contributed by atoms with Crippen LogP contribution in [0.3, 0.4) is 0 Å². The summed E-state index contributed by atoms with van der Waals surface area (Å²) in [5, 5.41) is 19.1. The number of anilines is 5. The summed E-state index contributed by atoms with van der Waals surface area (Å²) in [5.74, 6) is 0. The van der Waals surface area contributed by atoms with Gasteiger partial charge < -0.3 is 16.4 Å². The highest BCUT2D eigenvalue weighted by Crippen LogP contribution is 2.36. The molecule has 0 aromatic heterocycles. The van der Waals surface area contributed by atoms with Gasteiger partial charge in [-0.25, -0.2) is 0 Å². The van der Waals surface area contributed by atoms with Gasteiger partial charge in [-0.1, -0.05) is 0 Å². The Kier molecular flexibility index (Phi) is 5.76. The van der Waals surface area contributed by atoms with Crippen molar-refractivity contribution in [1.29, 1.82) is 0 Å². The van der Waals surface area contributed by atoms with E-state index in [1.807, 2.05) is 72.8 Å². The summed E-state index contributed by atoms with van der Waals surface area (Å²) in [5.41, 5.74) is 17.1. The van der Waals surface area contributed by atoms with Gasteiger partial charge in [0, 0.05) is 40.6 Å². The van der Waals surface area contributed by atoms with E-state index in [4.69, 9.17) is 11.5 Å². The number of nitrogens with zero attached hydrogens (tertiary/aromatic N) is 4. The molecule has 4 N–H and O–H groups in total. The number of non-ortho nitro benzene ring substituents is 1. The molecule has 0 spiro atoms. The van der Waals surface area contributed by atoms with E-state index >= 15 is 0 Å². The van der Waals surface area contributed by atoms with Gasteiger partial charge in [-0.05, 0) is 84.9 Å². The van der Waals surface area contributed by atoms with Crippen LogP contribution < -0.4 is 16.4 Å². The number of rotatable bonds is 6. The Labute approximate surface area is 184 Å². The molecule has 0 aliphatic rings. The van der Waals surface area contributed by atoms with Crippen LogP contribution in [0.1, 0.15) is 0 Å². The van der Waals surface area contributed by atoms with Gasteiger partial charge >= 0.3 is 0 Å². The standard InChI is InChI=1S/C24H20N6O2/c25-17-1-9-21(10-2-17)29(22-11-3-18(26)4-12-22)23-13-5-19(6-14-23)27-28-20-7-15-24(16-8-20)30(31)32/h1-16H,25-26H2/b28-27+. The first-order valence-corrected chi connectivity index (χ1v) is 9.77. The van der Waals surface area contributed by atoms with Crippen molar-refractivity contribution in [3.8, 4) is 0 Å². The van der Waals surface area contributed by atoms with Gasteiger partial charge in [-0.2, -0.15) is 10.2 Å². The van der Waals surface area contributed by atoms with E-state index in [1.165, 1.54) is 12.1 Å². The summed E-state index contributed by atoms with van der Waals surface area (Å²) in [4.78, 5) is 12.4. The number of benzene rings is 4. The van der Waals surface area contributed by atoms with Crippen molar-refractivity contribution < 1.29 is 4.92 Å². The molecule has 4 aromatic carbocycles. The van der Waals surface area contributed by atoms with E-state index in [0.29, 0.717) is 22.7 Å². The molecule has 0 atom stereocenters. The number of nitro groups is 1. The van der Waals surface area contributed by atoms with Crippen molar-refractivity contribution >= 4 is 45.5 Å². The Morgan fingerprint density at radius 2 is 0.938 bits per heavy atom. The second-order valence-corrected chi connectivity index (χ2v) is 7.01. The predicted octanol–water partition coefficient (Wildman–Crippen LogP) is 6.64. The number of hydrogen-bond acceptors (Lipinski definition) is 7. The minimum absolute atomic E-state index is 0.0127. The number of nitrogens with two attached hydrogens (primary N) is 2. The third kappa shape index (κ3) is 4.71. The molecule has 0 fully saturated rings. The maximum atomic E-state index is 10.8. The summed E-state index contributed by atoms with van der Waals surface area (Å²) in [6.07, 6.45) is 0. The fourth-order valence-corrected chi connectivity index (χ4v) is 3.12. The number of hydrogen-bond donors (Lipinski definition) is 2. The molecule has 0 radical (unpaired) electrons. The number of nitrogen functional groups attached to an aromatic ring is 2. The quantitative estimate of drug-likeness (QED) is 0.155. The third-order valence-electron chi connectivity index (χ3n) is 4.75. The molecule has 0 amide bonds. The first-order valence-electron chi connectivity index (χ1n) is 9.77. The van der Waals surface area contributed by atoms with Crippen molar-refractivity contribution in [2.24, 2.45) is 10.2 Å². The van der Waals surface area contributed by atoms with Crippen LogP contribution in [-0.2, 0) is 0 Å². The molecule has 0 unspecified atom stereocenters. The predicted molar refractivity (Wildman–Crippen MR) is 127 cm³/mol. The summed E-state index contributed by atoms with van der Waals surface area (Å²) in [7, 11) is 0. The second kappa shape index (κ2) is 8.97. The Bertz CT molecular complexity index is 1190. The topological polar surface area (TPSA) is 123 Å². The average Bonchev–Trinajstić information content (AvgIpc) is 2.81. The normalized spacial score (nSPS) is 10.9. The van der Waals surface area contributed by atoms with E-state index in [9.17, 15) is 10.1 Å². The molecule has 8 nitrogen and oxygen atoms in total. The van der Waals surface area contributed by atoms with Gasteiger partial charge in [0.25, 0.3) is 5.69 Å². The van der Waals surface area contributed by atoms with Crippen molar-refractivity contribution in [2.75, 3.05) is 16.4 Å². The monoisotopic (exact) mass is 424 g/mol. The van der Waals surface area contributed by atoms with Crippen LogP contribution in [0.15, 0.2) is 107 Å². The molecule has 0 heterocycles. The van der Waals surface area contributed by atoms with Crippen LogP contribution in [0.2, 0.25) is 0 Å². The van der Waals surface area contributed by atoms with Crippen LogP contribution in [0.4, 0.5) is 45.5 Å². The van der Waals surface area contributed by atoms with Crippen molar-refractivity contribution in [2.45, 2.75) is 0 Å². The first kappa shape index (κ1) is 20.5. The van der Waals surface area contributed by atoms with Crippen LogP contribution in [-0.4, -0.2) is 4.92 Å². The van der Waals surface area contributed by atoms with Crippen LogP contribution in [0.5, 0.6) is 0 Å². The minimum atomic E-state index is -0.451. The molecule has 0 bridgehead atoms. The molecule has 0 saturated carbocycles. The third-order valence-corrected chi connectivity index (χ3v) is 4.75. The maximum absolute atomic E-state index is 10.8. The van der Waals surface area contributed by atoms with Crippen LogP contribution in [0.25, 0.3) is 0 Å². The lowest BCUT2D eigenvalue weighted by molar-refractivity contribution is -0.384. The Hall–Kier alpha value is -4.72. The average molecular weight is 424 g/mol. The van der Waals surface area contributed by atoms with E-state index in [-0.39, 0.29) is 5.69 Å². The molecular formula is C24H20N6O2. The molecular weight excluding hydrogens is 404 g/mol. The maximum Gasteiger partial charge on any atom is 0.269 e. The Morgan fingerprint density at radius 3 is 1.31 bits per heavy atom. The van der Waals surface area contributed by atoms with Crippen molar-refractivity contribution in [3.63, 3.8) is 0 Å². The summed E-state index contributed by atoms with van der Waals surface area (Å²) in [6, 6.07) is 28.7. The minimum Gasteiger partial charge on any atom is -0.399 e. The number of azo groups is 1. The van der Waals surface area contributed by atoms with Gasteiger partial charge in [0.15, 0.2) is 0 Å². The SMILES string of the molecule is Nc1ccc(N(c2ccc(N)cc2)c2ccc(/N=N/c3ccc([N+](=O)[O-])cc3)cc2)cc1. The summed E-state index contributed by atoms with van der Waals surface area (Å²) >= 11 is 0. The highest BCUT2D eigenvalue weighted by atomic mass is 16.6. The zero-order chi connectivity index (χ0) is 22.5. The van der Waals surface area contributed by atoms with Crippen LogP contribution in [0, 0.1) is 10.1 Å². The molecule has 158 valence electrons.